The van der Waals surface area contributed by atoms with Crippen molar-refractivity contribution in [1.82, 2.24) is 4.98 Å². The lowest BCUT2D eigenvalue weighted by Gasteiger charge is -2.09. The number of pyridine rings is 1. The Balaban J connectivity index is 0.00000196. The number of methoxy groups -OCH3 is 1. The summed E-state index contributed by atoms with van der Waals surface area (Å²) in [6, 6.07) is 5.17. The molecule has 2 N–H and O–H groups in total. The third-order valence-corrected chi connectivity index (χ3v) is 1.90. The van der Waals surface area contributed by atoms with Gasteiger partial charge in [0, 0.05) is 5.69 Å². The first kappa shape index (κ1) is 13.9. The zero-order valence-corrected chi connectivity index (χ0v) is 9.58. The molecule has 1 heterocycles. The van der Waals surface area contributed by atoms with Crippen molar-refractivity contribution in [3.63, 3.8) is 0 Å². The summed E-state index contributed by atoms with van der Waals surface area (Å²) < 4.78 is 4.53. The summed E-state index contributed by atoms with van der Waals surface area (Å²) in [5, 5.41) is 0. The molecule has 4 nitrogen and oxygen atoms in total. The average molecular weight is 231 g/mol. The van der Waals surface area contributed by atoms with Crippen LogP contribution in [-0.2, 0) is 9.53 Å². The van der Waals surface area contributed by atoms with Crippen molar-refractivity contribution in [2.24, 2.45) is 5.73 Å². The minimum atomic E-state index is -0.387. The van der Waals surface area contributed by atoms with Gasteiger partial charge in [0.25, 0.3) is 0 Å². The van der Waals surface area contributed by atoms with Gasteiger partial charge in [-0.3, -0.25) is 9.78 Å². The number of hydrogen-bond acceptors (Lipinski definition) is 4. The molecule has 0 bridgehead atoms. The Hall–Kier alpha value is -1.13. The quantitative estimate of drug-likeness (QED) is 0.797. The summed E-state index contributed by atoms with van der Waals surface area (Å²) in [6.07, 6.45) is 0.160. The van der Waals surface area contributed by atoms with E-state index in [0.717, 1.165) is 11.4 Å². The third-order valence-electron chi connectivity index (χ3n) is 1.90. The van der Waals surface area contributed by atoms with Crippen LogP contribution in [0.5, 0.6) is 0 Å². The average Bonchev–Trinajstić information content (AvgIpc) is 2.17. The highest BCUT2D eigenvalue weighted by molar-refractivity contribution is 5.85. The van der Waals surface area contributed by atoms with E-state index in [1.54, 1.807) is 6.07 Å². The minimum absolute atomic E-state index is 0. The molecule has 0 spiro atoms. The van der Waals surface area contributed by atoms with Gasteiger partial charge in [0.1, 0.15) is 0 Å². The predicted octanol–water partition coefficient (Wildman–Crippen LogP) is 1.37. The highest BCUT2D eigenvalue weighted by atomic mass is 35.5. The molecule has 1 rings (SSSR count). The first-order chi connectivity index (χ1) is 6.63. The van der Waals surface area contributed by atoms with Gasteiger partial charge in [-0.25, -0.2) is 0 Å². The van der Waals surface area contributed by atoms with Crippen LogP contribution >= 0.6 is 12.4 Å². The predicted molar refractivity (Wildman–Crippen MR) is 59.8 cm³/mol. The Bertz CT molecular complexity index is 331. The van der Waals surface area contributed by atoms with Crippen LogP contribution in [-0.4, -0.2) is 18.1 Å². The number of carbonyl (C=O) groups is 1. The Morgan fingerprint density at radius 2 is 2.27 bits per heavy atom. The van der Waals surface area contributed by atoms with Gasteiger partial charge in [0.2, 0.25) is 0 Å². The summed E-state index contributed by atoms with van der Waals surface area (Å²) >= 11 is 0. The van der Waals surface area contributed by atoms with Crippen LogP contribution in [0.1, 0.15) is 23.9 Å². The first-order valence-corrected chi connectivity index (χ1v) is 4.39. The van der Waals surface area contributed by atoms with Crippen molar-refractivity contribution < 1.29 is 9.53 Å². The number of nitrogens with two attached hydrogens (primary N) is 1. The fraction of sp³-hybridized carbons (Fsp3) is 0.400. The third kappa shape index (κ3) is 4.27. The Kier molecular flexibility index (Phi) is 5.89. The number of aromatic nitrogens is 1. The summed E-state index contributed by atoms with van der Waals surface area (Å²) in [7, 11) is 1.35. The van der Waals surface area contributed by atoms with E-state index >= 15 is 0 Å². The van der Waals surface area contributed by atoms with Crippen molar-refractivity contribution in [3.8, 4) is 0 Å². The second kappa shape index (κ2) is 6.37. The van der Waals surface area contributed by atoms with E-state index in [9.17, 15) is 4.79 Å². The first-order valence-electron chi connectivity index (χ1n) is 4.39. The minimum Gasteiger partial charge on any atom is -0.469 e. The molecule has 0 aliphatic heterocycles. The number of nitrogens with zero attached hydrogens (tertiary/aromatic N) is 1. The molecule has 0 saturated carbocycles. The SMILES string of the molecule is COC(=O)C[C@@H](N)c1cccc(C)n1.Cl. The summed E-state index contributed by atoms with van der Waals surface area (Å²) in [5.41, 5.74) is 7.39. The zero-order chi connectivity index (χ0) is 10.6. The van der Waals surface area contributed by atoms with E-state index in [1.165, 1.54) is 7.11 Å². The largest absolute Gasteiger partial charge is 0.469 e. The van der Waals surface area contributed by atoms with Crippen LogP contribution < -0.4 is 5.73 Å². The molecule has 0 saturated heterocycles. The van der Waals surface area contributed by atoms with Crippen molar-refractivity contribution in [2.75, 3.05) is 7.11 Å². The van der Waals surface area contributed by atoms with Crippen molar-refractivity contribution in [1.29, 1.82) is 0 Å². The van der Waals surface area contributed by atoms with E-state index in [1.807, 2.05) is 19.1 Å². The molecule has 1 atom stereocenters. The van der Waals surface area contributed by atoms with Gasteiger partial charge in [-0.15, -0.1) is 12.4 Å². The van der Waals surface area contributed by atoms with E-state index < -0.39 is 0 Å². The fourth-order valence-electron chi connectivity index (χ4n) is 1.14. The topological polar surface area (TPSA) is 65.2 Å². The van der Waals surface area contributed by atoms with Gasteiger partial charge >= 0.3 is 5.97 Å². The molecule has 15 heavy (non-hydrogen) atoms. The number of aryl methyl sites for hydroxylation is 1. The van der Waals surface area contributed by atoms with Crippen molar-refractivity contribution >= 4 is 18.4 Å². The lowest BCUT2D eigenvalue weighted by atomic mass is 10.1. The van der Waals surface area contributed by atoms with Crippen LogP contribution in [0.4, 0.5) is 0 Å². The second-order valence-electron chi connectivity index (χ2n) is 3.09. The molecule has 1 aromatic rings. The molecule has 0 aliphatic carbocycles. The van der Waals surface area contributed by atoms with Crippen LogP contribution in [0.3, 0.4) is 0 Å². The van der Waals surface area contributed by atoms with Crippen LogP contribution in [0.2, 0.25) is 0 Å². The second-order valence-corrected chi connectivity index (χ2v) is 3.09. The Morgan fingerprint density at radius 1 is 1.60 bits per heavy atom. The molecule has 0 radical (unpaired) electrons. The van der Waals surface area contributed by atoms with Crippen LogP contribution in [0.15, 0.2) is 18.2 Å². The highest BCUT2D eigenvalue weighted by Crippen LogP contribution is 2.11. The molecule has 5 heteroatoms. The Morgan fingerprint density at radius 3 is 2.80 bits per heavy atom. The molecule has 84 valence electrons. The van der Waals surface area contributed by atoms with Gasteiger partial charge in [-0.2, -0.15) is 0 Å². The van der Waals surface area contributed by atoms with Gasteiger partial charge in [-0.05, 0) is 19.1 Å². The number of esters is 1. The van der Waals surface area contributed by atoms with E-state index in [-0.39, 0.29) is 30.8 Å². The number of rotatable bonds is 3. The van der Waals surface area contributed by atoms with Crippen molar-refractivity contribution in [3.05, 3.63) is 29.6 Å². The Labute approximate surface area is 95.2 Å². The van der Waals surface area contributed by atoms with E-state index in [0.29, 0.717) is 0 Å². The summed E-state index contributed by atoms with van der Waals surface area (Å²) in [6.45, 7) is 1.88. The van der Waals surface area contributed by atoms with Gasteiger partial charge in [-0.1, -0.05) is 6.07 Å². The van der Waals surface area contributed by atoms with E-state index in [4.69, 9.17) is 5.73 Å². The number of halogens is 1. The summed E-state index contributed by atoms with van der Waals surface area (Å²) in [4.78, 5) is 15.2. The smallest absolute Gasteiger partial charge is 0.307 e. The molecule has 0 fully saturated rings. The molecule has 0 aromatic carbocycles. The lowest BCUT2D eigenvalue weighted by molar-refractivity contribution is -0.141. The van der Waals surface area contributed by atoms with E-state index in [2.05, 4.69) is 9.72 Å². The molecular formula is C10H15ClN2O2. The van der Waals surface area contributed by atoms with Crippen LogP contribution in [0, 0.1) is 6.92 Å². The van der Waals surface area contributed by atoms with Gasteiger partial charge in [0.05, 0.1) is 25.3 Å². The molecule has 0 unspecified atom stereocenters. The van der Waals surface area contributed by atoms with Gasteiger partial charge < -0.3 is 10.5 Å². The highest BCUT2D eigenvalue weighted by Gasteiger charge is 2.12. The lowest BCUT2D eigenvalue weighted by Crippen LogP contribution is -2.17. The summed E-state index contributed by atoms with van der Waals surface area (Å²) in [5.74, 6) is -0.319. The maximum Gasteiger partial charge on any atom is 0.307 e. The molecule has 1 aromatic heterocycles. The molecule has 0 amide bonds. The zero-order valence-electron chi connectivity index (χ0n) is 8.77. The van der Waals surface area contributed by atoms with Crippen molar-refractivity contribution in [2.45, 2.75) is 19.4 Å². The maximum atomic E-state index is 11.0. The normalized spacial score (nSPS) is 11.4. The molecule has 0 aliphatic rings. The van der Waals surface area contributed by atoms with Crippen LogP contribution in [0.25, 0.3) is 0 Å². The monoisotopic (exact) mass is 230 g/mol. The number of hydrogen-bond donors (Lipinski definition) is 1. The van der Waals surface area contributed by atoms with Gasteiger partial charge in [0.15, 0.2) is 0 Å². The number of carbonyl (C=O) groups excluding carboxylic acids is 1. The standard InChI is InChI=1S/C10H14N2O2.ClH/c1-7-4-3-5-9(12-7)8(11)6-10(13)14-2;/h3-5,8H,6,11H2,1-2H3;1H/t8-;/m1./s1. The maximum absolute atomic E-state index is 11.0. The fourth-order valence-corrected chi connectivity index (χ4v) is 1.14. The molecular weight excluding hydrogens is 216 g/mol. The number of ether oxygens (including phenoxy) is 1.